The second-order valence-corrected chi connectivity index (χ2v) is 9.53. The number of likely N-dealkylation sites (tertiary alicyclic amines) is 1. The van der Waals surface area contributed by atoms with Gasteiger partial charge in [0.15, 0.2) is 11.6 Å². The van der Waals surface area contributed by atoms with E-state index in [1.165, 1.54) is 30.7 Å². The molecule has 2 aromatic rings. The van der Waals surface area contributed by atoms with E-state index in [0.29, 0.717) is 18.7 Å². The molecule has 2 aliphatic rings. The summed E-state index contributed by atoms with van der Waals surface area (Å²) >= 11 is 0. The zero-order valence-electron chi connectivity index (χ0n) is 21.5. The van der Waals surface area contributed by atoms with Crippen molar-refractivity contribution < 1.29 is 27.9 Å². The highest BCUT2D eigenvalue weighted by Gasteiger charge is 2.41. The number of methoxy groups -OCH3 is 1. The first kappa shape index (κ1) is 27.3. The van der Waals surface area contributed by atoms with Crippen molar-refractivity contribution in [1.82, 2.24) is 20.2 Å². The number of carbonyl (C=O) groups excluding carboxylic acids is 3. The predicted molar refractivity (Wildman–Crippen MR) is 136 cm³/mol. The van der Waals surface area contributed by atoms with Crippen LogP contribution < -0.4 is 5.32 Å². The van der Waals surface area contributed by atoms with E-state index in [2.05, 4.69) is 34.5 Å². The maximum atomic E-state index is 14.2. The van der Waals surface area contributed by atoms with Gasteiger partial charge in [0, 0.05) is 12.2 Å². The quantitative estimate of drug-likeness (QED) is 0.393. The lowest BCUT2D eigenvalue weighted by Crippen LogP contribution is -2.56. The number of urea groups is 1. The normalized spacial score (nSPS) is 18.8. The Kier molecular flexibility index (Phi) is 8.73. The second kappa shape index (κ2) is 12.2. The Balaban J connectivity index is 1.47. The number of benzene rings is 2. The molecule has 202 valence electrons. The average molecular weight is 527 g/mol. The van der Waals surface area contributed by atoms with Crippen LogP contribution in [-0.2, 0) is 14.3 Å². The summed E-state index contributed by atoms with van der Waals surface area (Å²) in [6, 6.07) is 11.7. The minimum atomic E-state index is -1.18. The van der Waals surface area contributed by atoms with Gasteiger partial charge < -0.3 is 15.0 Å². The molecule has 1 fully saturated rings. The van der Waals surface area contributed by atoms with E-state index in [-0.39, 0.29) is 23.4 Å². The molecular weight excluding hydrogens is 494 g/mol. The molecule has 8 nitrogen and oxygen atoms in total. The van der Waals surface area contributed by atoms with Crippen LogP contribution in [0.4, 0.5) is 13.6 Å². The second-order valence-electron chi connectivity index (χ2n) is 9.53. The van der Waals surface area contributed by atoms with Gasteiger partial charge in [0.2, 0.25) is 6.41 Å². The molecule has 0 aromatic heterocycles. The fourth-order valence-corrected chi connectivity index (χ4v) is 5.24. The molecule has 38 heavy (non-hydrogen) atoms. The number of hydrogen-bond acceptors (Lipinski definition) is 5. The molecule has 1 unspecified atom stereocenters. The van der Waals surface area contributed by atoms with Gasteiger partial charge in [-0.1, -0.05) is 36.4 Å². The molecule has 0 spiro atoms. The van der Waals surface area contributed by atoms with E-state index in [9.17, 15) is 23.2 Å². The van der Waals surface area contributed by atoms with E-state index in [1.807, 2.05) is 6.07 Å². The molecule has 1 N–H and O–H groups in total. The number of hydrazine groups is 1. The zero-order chi connectivity index (χ0) is 27.2. The molecular formula is C28H32F2N4O4. The fourth-order valence-electron chi connectivity index (χ4n) is 5.24. The molecule has 10 heteroatoms. The molecule has 0 saturated carbocycles. The van der Waals surface area contributed by atoms with E-state index in [1.54, 1.807) is 0 Å². The number of esters is 1. The van der Waals surface area contributed by atoms with Crippen molar-refractivity contribution in [3.05, 3.63) is 82.6 Å². The predicted octanol–water partition coefficient (Wildman–Crippen LogP) is 4.12. The monoisotopic (exact) mass is 526 g/mol. The molecule has 2 aliphatic heterocycles. The van der Waals surface area contributed by atoms with Crippen molar-refractivity contribution in [1.29, 1.82) is 0 Å². The fraction of sp³-hybridized carbons (Fsp3) is 0.393. The summed E-state index contributed by atoms with van der Waals surface area (Å²) in [4.78, 5) is 40.3. The number of ether oxygens (including phenoxy) is 1. The number of piperidine rings is 1. The van der Waals surface area contributed by atoms with Gasteiger partial charge in [0.25, 0.3) is 0 Å². The van der Waals surface area contributed by atoms with Crippen molar-refractivity contribution in [3.63, 3.8) is 0 Å². The molecule has 3 amide bonds. The van der Waals surface area contributed by atoms with E-state index in [0.717, 1.165) is 49.6 Å². The molecule has 0 aliphatic carbocycles. The van der Waals surface area contributed by atoms with Gasteiger partial charge in [-0.3, -0.25) is 9.80 Å². The average Bonchev–Trinajstić information content (AvgIpc) is 2.93. The van der Waals surface area contributed by atoms with Crippen molar-refractivity contribution in [2.24, 2.45) is 0 Å². The Morgan fingerprint density at radius 3 is 2.45 bits per heavy atom. The van der Waals surface area contributed by atoms with E-state index >= 15 is 0 Å². The largest absolute Gasteiger partial charge is 0.466 e. The highest BCUT2D eigenvalue weighted by atomic mass is 19.2. The SMILES string of the molecule is COC(=O)C1=C(C)NC(=O)N(N(C=O)CCCN2CCC(c3ccccc3)CC2)C1c1ccc(F)c(F)c1. The van der Waals surface area contributed by atoms with Crippen LogP contribution in [0.3, 0.4) is 0 Å². The molecule has 4 rings (SSSR count). The maximum absolute atomic E-state index is 14.2. The van der Waals surface area contributed by atoms with Crippen LogP contribution in [0.2, 0.25) is 0 Å². The van der Waals surface area contributed by atoms with Crippen LogP contribution in [0.15, 0.2) is 59.8 Å². The van der Waals surface area contributed by atoms with Crippen LogP contribution in [0.5, 0.6) is 0 Å². The van der Waals surface area contributed by atoms with E-state index < -0.39 is 29.7 Å². The summed E-state index contributed by atoms with van der Waals surface area (Å²) in [5.74, 6) is -2.43. The summed E-state index contributed by atoms with van der Waals surface area (Å²) in [6.45, 7) is 4.27. The minimum absolute atomic E-state index is 0.0212. The lowest BCUT2D eigenvalue weighted by Gasteiger charge is -2.42. The molecule has 0 radical (unpaired) electrons. The third kappa shape index (κ3) is 5.85. The van der Waals surface area contributed by atoms with Gasteiger partial charge in [0.1, 0.15) is 6.04 Å². The van der Waals surface area contributed by atoms with Crippen LogP contribution >= 0.6 is 0 Å². The summed E-state index contributed by atoms with van der Waals surface area (Å²) < 4.78 is 32.8. The highest BCUT2D eigenvalue weighted by Crippen LogP contribution is 2.36. The summed E-state index contributed by atoms with van der Waals surface area (Å²) in [7, 11) is 1.18. The van der Waals surface area contributed by atoms with Crippen LogP contribution in [0.25, 0.3) is 0 Å². The number of rotatable bonds is 9. The first-order valence-electron chi connectivity index (χ1n) is 12.7. The molecule has 0 bridgehead atoms. The lowest BCUT2D eigenvalue weighted by atomic mass is 9.89. The number of amides is 3. The summed E-state index contributed by atoms with van der Waals surface area (Å²) in [6.07, 6.45) is 3.16. The maximum Gasteiger partial charge on any atom is 0.341 e. The number of hydrogen-bond donors (Lipinski definition) is 1. The zero-order valence-corrected chi connectivity index (χ0v) is 21.5. The van der Waals surface area contributed by atoms with Crippen LogP contribution in [-0.4, -0.2) is 66.6 Å². The number of allylic oxidation sites excluding steroid dienone is 1. The standard InChI is InChI=1S/C28H32F2N4O4/c1-19-25(27(36)38-2)26(22-9-10-23(29)24(30)17-22)34(28(37)31-19)33(18-35)14-6-13-32-15-11-21(12-16-32)20-7-4-3-5-8-20/h3-5,7-10,17-18,21,26H,6,11-16H2,1-2H3,(H,31,37). The topological polar surface area (TPSA) is 82.2 Å². The minimum Gasteiger partial charge on any atom is -0.466 e. The number of nitrogens with zero attached hydrogens (tertiary/aromatic N) is 3. The summed E-state index contributed by atoms with van der Waals surface area (Å²) in [5.41, 5.74) is 1.71. The number of carbonyl (C=O) groups is 3. The van der Waals surface area contributed by atoms with Crippen LogP contribution in [0, 0.1) is 11.6 Å². The lowest BCUT2D eigenvalue weighted by molar-refractivity contribution is -0.141. The third-order valence-electron chi connectivity index (χ3n) is 7.21. The number of nitrogens with one attached hydrogen (secondary N) is 1. The molecule has 2 heterocycles. The third-order valence-corrected chi connectivity index (χ3v) is 7.21. The molecule has 1 atom stereocenters. The van der Waals surface area contributed by atoms with Gasteiger partial charge in [0.05, 0.1) is 12.7 Å². The van der Waals surface area contributed by atoms with Crippen molar-refractivity contribution in [2.45, 2.75) is 38.1 Å². The number of halogens is 2. The first-order valence-corrected chi connectivity index (χ1v) is 12.7. The van der Waals surface area contributed by atoms with Gasteiger partial charge in [-0.05, 0) is 75.0 Å². The Hall–Kier alpha value is -3.79. The van der Waals surface area contributed by atoms with Gasteiger partial charge in [-0.25, -0.2) is 23.4 Å². The highest BCUT2D eigenvalue weighted by molar-refractivity contribution is 5.95. The van der Waals surface area contributed by atoms with Crippen molar-refractivity contribution >= 4 is 18.4 Å². The Labute approximate surface area is 220 Å². The van der Waals surface area contributed by atoms with Gasteiger partial charge in [-0.15, -0.1) is 0 Å². The van der Waals surface area contributed by atoms with Crippen molar-refractivity contribution in [2.75, 3.05) is 33.3 Å². The van der Waals surface area contributed by atoms with Crippen LogP contribution in [0.1, 0.15) is 49.3 Å². The Morgan fingerprint density at radius 2 is 1.82 bits per heavy atom. The van der Waals surface area contributed by atoms with E-state index in [4.69, 9.17) is 4.74 Å². The van der Waals surface area contributed by atoms with Gasteiger partial charge >= 0.3 is 12.0 Å². The molecule has 1 saturated heterocycles. The molecule has 2 aromatic carbocycles. The van der Waals surface area contributed by atoms with Gasteiger partial charge in [-0.2, -0.15) is 0 Å². The van der Waals surface area contributed by atoms with Crippen molar-refractivity contribution in [3.8, 4) is 0 Å². The first-order chi connectivity index (χ1) is 18.3. The Morgan fingerprint density at radius 1 is 1.11 bits per heavy atom. The Bertz CT molecular complexity index is 1200. The smallest absolute Gasteiger partial charge is 0.341 e. The summed E-state index contributed by atoms with van der Waals surface area (Å²) in [5, 5.41) is 4.83.